The predicted octanol–water partition coefficient (Wildman–Crippen LogP) is 0.165. The lowest BCUT2D eigenvalue weighted by Gasteiger charge is -2.10. The summed E-state index contributed by atoms with van der Waals surface area (Å²) in [6, 6.07) is 0. The molecule has 1 aromatic heterocycles. The van der Waals surface area contributed by atoms with Gasteiger partial charge in [0.15, 0.2) is 0 Å². The average molecular weight is 188 g/mol. The van der Waals surface area contributed by atoms with E-state index in [4.69, 9.17) is 22.4 Å². The molecule has 0 spiro atoms. The van der Waals surface area contributed by atoms with E-state index in [1.165, 1.54) is 12.5 Å². The fourth-order valence-electron chi connectivity index (χ4n) is 0.895. The van der Waals surface area contributed by atoms with Crippen LogP contribution in [-0.2, 0) is 0 Å². The third kappa shape index (κ3) is 1.91. The second-order valence-corrected chi connectivity index (χ2v) is 2.78. The lowest BCUT2D eigenvalue weighted by Crippen LogP contribution is -2.17. The van der Waals surface area contributed by atoms with Crippen LogP contribution in [0.2, 0.25) is 5.02 Å². The van der Waals surface area contributed by atoms with E-state index in [2.05, 4.69) is 9.97 Å². The van der Waals surface area contributed by atoms with Crippen molar-refractivity contribution in [2.75, 3.05) is 13.2 Å². The number of hydrogen-bond donors (Lipinski definition) is 2. The number of aromatic nitrogens is 2. The summed E-state index contributed by atoms with van der Waals surface area (Å²) in [5, 5.41) is 9.35. The van der Waals surface area contributed by atoms with Gasteiger partial charge in [-0.25, -0.2) is 9.97 Å². The number of hydrogen-bond acceptors (Lipinski definition) is 4. The molecule has 3 N–H and O–H groups in total. The van der Waals surface area contributed by atoms with Crippen LogP contribution in [0.5, 0.6) is 0 Å². The highest BCUT2D eigenvalue weighted by atomic mass is 35.5. The molecule has 4 nitrogen and oxygen atoms in total. The van der Waals surface area contributed by atoms with Crippen molar-refractivity contribution in [1.82, 2.24) is 9.97 Å². The van der Waals surface area contributed by atoms with Crippen molar-refractivity contribution in [2.45, 2.75) is 5.92 Å². The zero-order valence-electron chi connectivity index (χ0n) is 6.44. The van der Waals surface area contributed by atoms with Crippen LogP contribution in [0.25, 0.3) is 0 Å². The van der Waals surface area contributed by atoms with E-state index in [1.54, 1.807) is 0 Å². The highest BCUT2D eigenvalue weighted by molar-refractivity contribution is 6.31. The zero-order chi connectivity index (χ0) is 8.97. The van der Waals surface area contributed by atoms with Crippen LogP contribution in [0.4, 0.5) is 0 Å². The van der Waals surface area contributed by atoms with Gasteiger partial charge in [0.1, 0.15) is 6.33 Å². The van der Waals surface area contributed by atoms with Gasteiger partial charge in [0, 0.05) is 18.7 Å². The summed E-state index contributed by atoms with van der Waals surface area (Å²) in [7, 11) is 0. The molecule has 0 aromatic carbocycles. The lowest BCUT2D eigenvalue weighted by atomic mass is 10.1. The molecule has 1 unspecified atom stereocenters. The number of nitrogens with zero attached hydrogens (tertiary/aromatic N) is 2. The first-order valence-corrected chi connectivity index (χ1v) is 3.93. The molecule has 1 rings (SSSR count). The van der Waals surface area contributed by atoms with E-state index in [-0.39, 0.29) is 12.5 Å². The van der Waals surface area contributed by atoms with Crippen molar-refractivity contribution in [1.29, 1.82) is 0 Å². The maximum absolute atomic E-state index is 8.90. The van der Waals surface area contributed by atoms with E-state index < -0.39 is 0 Å². The van der Waals surface area contributed by atoms with Gasteiger partial charge < -0.3 is 10.8 Å². The molecule has 0 aliphatic rings. The quantitative estimate of drug-likeness (QED) is 0.708. The SMILES string of the molecule is NCC(CO)c1ncncc1Cl. The Morgan fingerprint density at radius 1 is 1.67 bits per heavy atom. The summed E-state index contributed by atoms with van der Waals surface area (Å²) in [6.07, 6.45) is 2.88. The third-order valence-corrected chi connectivity index (χ3v) is 1.88. The molecule has 0 saturated carbocycles. The largest absolute Gasteiger partial charge is 0.396 e. The number of aliphatic hydroxyl groups excluding tert-OH is 1. The Kier molecular flexibility index (Phi) is 3.40. The molecule has 0 aliphatic heterocycles. The number of halogens is 1. The number of aliphatic hydroxyl groups is 1. The molecule has 0 radical (unpaired) electrons. The van der Waals surface area contributed by atoms with Crippen molar-refractivity contribution in [2.24, 2.45) is 5.73 Å². The summed E-state index contributed by atoms with van der Waals surface area (Å²) in [4.78, 5) is 7.67. The average Bonchev–Trinajstić information content (AvgIpc) is 2.10. The van der Waals surface area contributed by atoms with Crippen molar-refractivity contribution in [3.05, 3.63) is 23.2 Å². The lowest BCUT2D eigenvalue weighted by molar-refractivity contribution is 0.265. The van der Waals surface area contributed by atoms with E-state index in [1.807, 2.05) is 0 Å². The third-order valence-electron chi connectivity index (χ3n) is 1.59. The first kappa shape index (κ1) is 9.38. The zero-order valence-corrected chi connectivity index (χ0v) is 7.20. The Morgan fingerprint density at radius 2 is 2.42 bits per heavy atom. The van der Waals surface area contributed by atoms with E-state index in [0.29, 0.717) is 17.3 Å². The van der Waals surface area contributed by atoms with Crippen LogP contribution in [0, 0.1) is 0 Å². The minimum atomic E-state index is -0.194. The smallest absolute Gasteiger partial charge is 0.115 e. The standard InChI is InChI=1S/C7H10ClN3O/c8-6-2-10-4-11-7(6)5(1-9)3-12/h2,4-5,12H,1,3,9H2. The van der Waals surface area contributed by atoms with Gasteiger partial charge in [-0.05, 0) is 0 Å². The summed E-state index contributed by atoms with van der Waals surface area (Å²) in [6.45, 7) is 0.278. The van der Waals surface area contributed by atoms with Crippen LogP contribution >= 0.6 is 11.6 Å². The van der Waals surface area contributed by atoms with Crippen molar-refractivity contribution in [3.8, 4) is 0 Å². The van der Waals surface area contributed by atoms with Crippen molar-refractivity contribution in [3.63, 3.8) is 0 Å². The fourth-order valence-corrected chi connectivity index (χ4v) is 1.15. The first-order valence-electron chi connectivity index (χ1n) is 3.56. The van der Waals surface area contributed by atoms with Crippen LogP contribution in [-0.4, -0.2) is 28.2 Å². The van der Waals surface area contributed by atoms with Gasteiger partial charge in [-0.3, -0.25) is 0 Å². The second kappa shape index (κ2) is 4.35. The minimum absolute atomic E-state index is 0.0484. The first-order chi connectivity index (χ1) is 5.79. The van der Waals surface area contributed by atoms with Gasteiger partial charge in [0.25, 0.3) is 0 Å². The van der Waals surface area contributed by atoms with Gasteiger partial charge in [0.05, 0.1) is 17.3 Å². The van der Waals surface area contributed by atoms with E-state index in [0.717, 1.165) is 0 Å². The molecule has 0 amide bonds. The second-order valence-electron chi connectivity index (χ2n) is 2.37. The van der Waals surface area contributed by atoms with Gasteiger partial charge in [-0.15, -0.1) is 0 Å². The summed E-state index contributed by atoms with van der Waals surface area (Å²) >= 11 is 5.78. The summed E-state index contributed by atoms with van der Waals surface area (Å²) in [5.41, 5.74) is 6.01. The van der Waals surface area contributed by atoms with E-state index >= 15 is 0 Å². The monoisotopic (exact) mass is 187 g/mol. The van der Waals surface area contributed by atoms with Crippen molar-refractivity contribution >= 4 is 11.6 Å². The molecule has 12 heavy (non-hydrogen) atoms. The van der Waals surface area contributed by atoms with Gasteiger partial charge in [-0.2, -0.15) is 0 Å². The number of rotatable bonds is 3. The minimum Gasteiger partial charge on any atom is -0.396 e. The molecular formula is C7H10ClN3O. The summed E-state index contributed by atoms with van der Waals surface area (Å²) in [5.74, 6) is -0.194. The molecular weight excluding hydrogens is 178 g/mol. The van der Waals surface area contributed by atoms with Crippen molar-refractivity contribution < 1.29 is 5.11 Å². The Balaban J connectivity index is 2.92. The van der Waals surface area contributed by atoms with Crippen LogP contribution < -0.4 is 5.73 Å². The number of nitrogens with two attached hydrogens (primary N) is 1. The van der Waals surface area contributed by atoms with Gasteiger partial charge in [0.2, 0.25) is 0 Å². The molecule has 0 aliphatic carbocycles. The topological polar surface area (TPSA) is 72.0 Å². The van der Waals surface area contributed by atoms with Gasteiger partial charge >= 0.3 is 0 Å². The Bertz CT molecular complexity index is 252. The molecule has 0 fully saturated rings. The Labute approximate surface area is 75.4 Å². The van der Waals surface area contributed by atoms with Gasteiger partial charge in [-0.1, -0.05) is 11.6 Å². The predicted molar refractivity (Wildman–Crippen MR) is 45.9 cm³/mol. The highest BCUT2D eigenvalue weighted by Crippen LogP contribution is 2.19. The molecule has 5 heteroatoms. The van der Waals surface area contributed by atoms with Crippen LogP contribution in [0.1, 0.15) is 11.6 Å². The molecule has 1 heterocycles. The highest BCUT2D eigenvalue weighted by Gasteiger charge is 2.12. The summed E-state index contributed by atoms with van der Waals surface area (Å²) < 4.78 is 0. The van der Waals surface area contributed by atoms with Crippen LogP contribution in [0.15, 0.2) is 12.5 Å². The molecule has 1 aromatic rings. The Morgan fingerprint density at radius 3 is 2.92 bits per heavy atom. The van der Waals surface area contributed by atoms with Crippen LogP contribution in [0.3, 0.4) is 0 Å². The fraction of sp³-hybridized carbons (Fsp3) is 0.429. The Hall–Kier alpha value is -0.710. The molecule has 66 valence electrons. The maximum atomic E-state index is 8.90. The molecule has 0 saturated heterocycles. The maximum Gasteiger partial charge on any atom is 0.115 e. The van der Waals surface area contributed by atoms with E-state index in [9.17, 15) is 0 Å². The normalized spacial score (nSPS) is 12.9. The molecule has 0 bridgehead atoms. The molecule has 1 atom stereocenters.